The van der Waals surface area contributed by atoms with Crippen LogP contribution in [-0.2, 0) is 24.3 Å². The summed E-state index contributed by atoms with van der Waals surface area (Å²) >= 11 is 0. The largest absolute Gasteiger partial charge is 0.380 e. The molecule has 0 aliphatic heterocycles. The lowest BCUT2D eigenvalue weighted by molar-refractivity contribution is 0.185. The van der Waals surface area contributed by atoms with Crippen molar-refractivity contribution in [2.75, 3.05) is 20.7 Å². The van der Waals surface area contributed by atoms with Gasteiger partial charge in [-0.25, -0.2) is 4.39 Å². The van der Waals surface area contributed by atoms with Gasteiger partial charge in [0.15, 0.2) is 5.96 Å². The molecule has 0 radical (unpaired) electrons. The third kappa shape index (κ3) is 5.08. The van der Waals surface area contributed by atoms with E-state index >= 15 is 0 Å². The highest BCUT2D eigenvalue weighted by Gasteiger charge is 2.05. The Morgan fingerprint density at radius 1 is 1.15 bits per heavy atom. The van der Waals surface area contributed by atoms with Gasteiger partial charge in [0, 0.05) is 44.3 Å². The molecule has 142 valence electrons. The Morgan fingerprint density at radius 3 is 2.81 bits per heavy atom. The predicted octanol–water partition coefficient (Wildman–Crippen LogP) is 3.36. The molecule has 3 rings (SSSR count). The van der Waals surface area contributed by atoms with Gasteiger partial charge in [-0.1, -0.05) is 24.3 Å². The van der Waals surface area contributed by atoms with Crippen LogP contribution in [0.4, 0.5) is 4.39 Å². The Labute approximate surface area is 158 Å². The fourth-order valence-corrected chi connectivity index (χ4v) is 3.08. The molecule has 6 heteroatoms. The first kappa shape index (κ1) is 18.9. The summed E-state index contributed by atoms with van der Waals surface area (Å²) in [6.07, 6.45) is 2.75. The molecule has 0 aliphatic rings. The lowest BCUT2D eigenvalue weighted by atomic mass is 10.1. The molecule has 0 unspecified atom stereocenters. The number of aliphatic imine (C=N–C) groups is 1. The molecule has 0 saturated heterocycles. The summed E-state index contributed by atoms with van der Waals surface area (Å²) in [4.78, 5) is 7.39. The molecule has 0 fully saturated rings. The van der Waals surface area contributed by atoms with E-state index in [1.807, 2.05) is 24.4 Å². The first-order chi connectivity index (χ1) is 13.2. The number of guanidine groups is 1. The van der Waals surface area contributed by atoms with Crippen molar-refractivity contribution in [2.45, 2.75) is 19.6 Å². The molecule has 1 heterocycles. The van der Waals surface area contributed by atoms with Crippen LogP contribution in [0.3, 0.4) is 0 Å². The average Bonchev–Trinajstić information content (AvgIpc) is 3.07. The zero-order chi connectivity index (χ0) is 19.1. The molecule has 0 atom stereocenters. The molecule has 2 aromatic carbocycles. The topological polar surface area (TPSA) is 61.4 Å². The number of aromatic amines is 1. The highest BCUT2D eigenvalue weighted by atomic mass is 19.1. The molecular formula is C21H25FN4O. The zero-order valence-electron chi connectivity index (χ0n) is 15.7. The van der Waals surface area contributed by atoms with E-state index in [1.54, 1.807) is 14.2 Å². The van der Waals surface area contributed by atoms with Gasteiger partial charge in [0.1, 0.15) is 5.82 Å². The van der Waals surface area contributed by atoms with Crippen molar-refractivity contribution in [3.63, 3.8) is 0 Å². The smallest absolute Gasteiger partial charge is 0.191 e. The molecule has 0 spiro atoms. The lowest BCUT2D eigenvalue weighted by Gasteiger charge is -2.12. The van der Waals surface area contributed by atoms with Gasteiger partial charge in [0.25, 0.3) is 0 Å². The average molecular weight is 368 g/mol. The number of H-pyrrole nitrogens is 1. The van der Waals surface area contributed by atoms with Gasteiger partial charge in [-0.3, -0.25) is 4.99 Å². The van der Waals surface area contributed by atoms with Gasteiger partial charge in [0.05, 0.1) is 6.61 Å². The number of benzene rings is 2. The number of aromatic nitrogens is 1. The van der Waals surface area contributed by atoms with Crippen LogP contribution < -0.4 is 10.6 Å². The summed E-state index contributed by atoms with van der Waals surface area (Å²) in [5.74, 6) is 0.520. The van der Waals surface area contributed by atoms with Crippen molar-refractivity contribution in [3.05, 3.63) is 71.2 Å². The monoisotopic (exact) mass is 368 g/mol. The van der Waals surface area contributed by atoms with Crippen LogP contribution in [0.5, 0.6) is 0 Å². The normalized spacial score (nSPS) is 11.7. The summed E-state index contributed by atoms with van der Waals surface area (Å²) in [6, 6.07) is 13.1. The van der Waals surface area contributed by atoms with E-state index < -0.39 is 0 Å². The lowest BCUT2D eigenvalue weighted by Crippen LogP contribution is -2.37. The number of hydrogen-bond acceptors (Lipinski definition) is 2. The molecule has 3 N–H and O–H groups in total. The van der Waals surface area contributed by atoms with Gasteiger partial charge < -0.3 is 20.4 Å². The van der Waals surface area contributed by atoms with Crippen molar-refractivity contribution in [2.24, 2.45) is 4.99 Å². The predicted molar refractivity (Wildman–Crippen MR) is 107 cm³/mol. The maximum Gasteiger partial charge on any atom is 0.191 e. The summed E-state index contributed by atoms with van der Waals surface area (Å²) in [6.45, 7) is 2.02. The summed E-state index contributed by atoms with van der Waals surface area (Å²) in [7, 11) is 3.45. The molecule has 3 aromatic rings. The molecule has 0 aliphatic carbocycles. The number of nitrogens with one attached hydrogen (secondary N) is 3. The number of ether oxygens (including phenoxy) is 1. The van der Waals surface area contributed by atoms with E-state index in [9.17, 15) is 4.39 Å². The fraction of sp³-hybridized carbons (Fsp3) is 0.286. The standard InChI is InChI=1S/C21H25FN4O/c1-23-21(26-12-15-4-3-5-16(10-15)14-27-2)24-9-8-17-13-25-20-11-18(22)6-7-19(17)20/h3-7,10-11,13,25H,8-9,12,14H2,1-2H3,(H2,23,24,26). The second-order valence-corrected chi connectivity index (χ2v) is 6.36. The summed E-state index contributed by atoms with van der Waals surface area (Å²) < 4.78 is 18.5. The minimum absolute atomic E-state index is 0.229. The number of fused-ring (bicyclic) bond motifs is 1. The third-order valence-electron chi connectivity index (χ3n) is 4.40. The van der Waals surface area contributed by atoms with E-state index in [4.69, 9.17) is 4.74 Å². The van der Waals surface area contributed by atoms with E-state index in [0.717, 1.165) is 41.0 Å². The number of halogens is 1. The molecule has 0 bridgehead atoms. The van der Waals surface area contributed by atoms with Gasteiger partial charge in [-0.05, 0) is 41.3 Å². The summed E-state index contributed by atoms with van der Waals surface area (Å²) in [5, 5.41) is 7.69. The van der Waals surface area contributed by atoms with Crippen molar-refractivity contribution < 1.29 is 9.13 Å². The third-order valence-corrected chi connectivity index (χ3v) is 4.40. The maximum absolute atomic E-state index is 13.3. The Balaban J connectivity index is 1.51. The Kier molecular flexibility index (Phi) is 6.44. The molecule has 5 nitrogen and oxygen atoms in total. The van der Waals surface area contributed by atoms with E-state index in [0.29, 0.717) is 13.2 Å². The molecular weight excluding hydrogens is 343 g/mol. The van der Waals surface area contributed by atoms with Gasteiger partial charge >= 0.3 is 0 Å². The van der Waals surface area contributed by atoms with E-state index in [2.05, 4.69) is 32.7 Å². The number of hydrogen-bond donors (Lipinski definition) is 3. The van der Waals surface area contributed by atoms with Gasteiger partial charge in [0.2, 0.25) is 0 Å². The van der Waals surface area contributed by atoms with Crippen LogP contribution in [0.15, 0.2) is 53.7 Å². The van der Waals surface area contributed by atoms with Crippen molar-refractivity contribution in [1.29, 1.82) is 0 Å². The first-order valence-electron chi connectivity index (χ1n) is 8.96. The van der Waals surface area contributed by atoms with Crippen LogP contribution in [0.25, 0.3) is 10.9 Å². The Bertz CT molecular complexity index is 919. The zero-order valence-corrected chi connectivity index (χ0v) is 15.7. The second-order valence-electron chi connectivity index (χ2n) is 6.36. The molecule has 0 amide bonds. The fourth-order valence-electron chi connectivity index (χ4n) is 3.08. The van der Waals surface area contributed by atoms with Crippen molar-refractivity contribution in [1.82, 2.24) is 15.6 Å². The van der Waals surface area contributed by atoms with E-state index in [-0.39, 0.29) is 5.82 Å². The Hall–Kier alpha value is -2.86. The second kappa shape index (κ2) is 9.19. The molecule has 1 aromatic heterocycles. The van der Waals surface area contributed by atoms with Gasteiger partial charge in [-0.15, -0.1) is 0 Å². The molecule has 0 saturated carbocycles. The quantitative estimate of drug-likeness (QED) is 0.443. The van der Waals surface area contributed by atoms with Crippen LogP contribution in [0.2, 0.25) is 0 Å². The SMILES string of the molecule is CN=C(NCCc1c[nH]c2cc(F)ccc12)NCc1cccc(COC)c1. The highest BCUT2D eigenvalue weighted by molar-refractivity contribution is 5.83. The Morgan fingerprint density at radius 2 is 2.00 bits per heavy atom. The van der Waals surface area contributed by atoms with Crippen molar-refractivity contribution in [3.8, 4) is 0 Å². The van der Waals surface area contributed by atoms with Gasteiger partial charge in [-0.2, -0.15) is 0 Å². The maximum atomic E-state index is 13.3. The van der Waals surface area contributed by atoms with Crippen LogP contribution in [-0.4, -0.2) is 31.6 Å². The highest BCUT2D eigenvalue weighted by Crippen LogP contribution is 2.19. The number of nitrogens with zero attached hydrogens (tertiary/aromatic N) is 1. The number of methoxy groups -OCH3 is 1. The molecule has 27 heavy (non-hydrogen) atoms. The first-order valence-corrected chi connectivity index (χ1v) is 8.96. The van der Waals surface area contributed by atoms with Crippen LogP contribution >= 0.6 is 0 Å². The number of rotatable bonds is 7. The summed E-state index contributed by atoms with van der Waals surface area (Å²) in [5.41, 5.74) is 4.30. The van der Waals surface area contributed by atoms with E-state index in [1.165, 1.54) is 17.7 Å². The van der Waals surface area contributed by atoms with Crippen molar-refractivity contribution >= 4 is 16.9 Å². The minimum Gasteiger partial charge on any atom is -0.380 e. The van der Waals surface area contributed by atoms with Crippen LogP contribution in [0, 0.1) is 5.82 Å². The van der Waals surface area contributed by atoms with Crippen LogP contribution in [0.1, 0.15) is 16.7 Å². The minimum atomic E-state index is -0.229.